The lowest BCUT2D eigenvalue weighted by Crippen LogP contribution is -2.53. The van der Waals surface area contributed by atoms with Gasteiger partial charge in [0.15, 0.2) is 0 Å². The SMILES string of the molecule is CCC(C(=O)NC1CCN(C)CC1)N(c1cc(C)ccc1C)S(C)(=O)=O. The van der Waals surface area contributed by atoms with Gasteiger partial charge in [-0.15, -0.1) is 0 Å². The minimum Gasteiger partial charge on any atom is -0.351 e. The Morgan fingerprint density at radius 1 is 1.31 bits per heavy atom. The van der Waals surface area contributed by atoms with Crippen LogP contribution < -0.4 is 9.62 Å². The molecule has 1 saturated heterocycles. The van der Waals surface area contributed by atoms with E-state index in [4.69, 9.17) is 0 Å². The topological polar surface area (TPSA) is 69.7 Å². The summed E-state index contributed by atoms with van der Waals surface area (Å²) in [6, 6.07) is 5.03. The van der Waals surface area contributed by atoms with Crippen LogP contribution >= 0.6 is 0 Å². The summed E-state index contributed by atoms with van der Waals surface area (Å²) in [4.78, 5) is 15.2. The third-order valence-corrected chi connectivity index (χ3v) is 6.16. The smallest absolute Gasteiger partial charge is 0.244 e. The number of likely N-dealkylation sites (tertiary alicyclic amines) is 1. The molecule has 0 bridgehead atoms. The van der Waals surface area contributed by atoms with Gasteiger partial charge >= 0.3 is 0 Å². The van der Waals surface area contributed by atoms with Crippen molar-refractivity contribution < 1.29 is 13.2 Å². The number of hydrogen-bond acceptors (Lipinski definition) is 4. The number of amides is 1. The van der Waals surface area contributed by atoms with Crippen molar-refractivity contribution in [2.75, 3.05) is 30.7 Å². The van der Waals surface area contributed by atoms with E-state index >= 15 is 0 Å². The number of piperidine rings is 1. The molecular formula is C19H31N3O3S. The summed E-state index contributed by atoms with van der Waals surface area (Å²) in [5, 5.41) is 3.08. The Morgan fingerprint density at radius 3 is 2.46 bits per heavy atom. The second-order valence-corrected chi connectivity index (χ2v) is 9.22. The van der Waals surface area contributed by atoms with Crippen molar-refractivity contribution >= 4 is 21.6 Å². The van der Waals surface area contributed by atoms with E-state index in [0.29, 0.717) is 12.1 Å². The van der Waals surface area contributed by atoms with Gasteiger partial charge in [0.05, 0.1) is 11.9 Å². The Bertz CT molecular complexity index is 740. The minimum absolute atomic E-state index is 0.104. The van der Waals surface area contributed by atoms with Crippen LogP contribution in [0.3, 0.4) is 0 Å². The largest absolute Gasteiger partial charge is 0.351 e. The number of benzene rings is 1. The zero-order valence-electron chi connectivity index (χ0n) is 16.4. The standard InChI is InChI=1S/C19H31N3O3S/c1-6-17(19(23)20-16-9-11-21(4)12-10-16)22(26(5,24)25)18-13-14(2)7-8-15(18)3/h7-8,13,16-17H,6,9-12H2,1-5H3,(H,20,23). The maximum absolute atomic E-state index is 13.0. The normalized spacial score (nSPS) is 17.7. The monoisotopic (exact) mass is 381 g/mol. The molecule has 146 valence electrons. The minimum atomic E-state index is -3.60. The van der Waals surface area contributed by atoms with E-state index in [2.05, 4.69) is 17.3 Å². The fourth-order valence-corrected chi connectivity index (χ4v) is 4.70. The molecule has 1 amide bonds. The molecule has 0 aliphatic carbocycles. The molecule has 1 aliphatic heterocycles. The first-order valence-electron chi connectivity index (χ1n) is 9.19. The van der Waals surface area contributed by atoms with Gasteiger partial charge in [-0.2, -0.15) is 0 Å². The van der Waals surface area contributed by atoms with Crippen molar-refractivity contribution in [2.24, 2.45) is 0 Å². The van der Waals surface area contributed by atoms with Crippen LogP contribution in [0.15, 0.2) is 18.2 Å². The lowest BCUT2D eigenvalue weighted by atomic mass is 10.0. The molecule has 0 radical (unpaired) electrons. The summed E-state index contributed by atoms with van der Waals surface area (Å²) in [6.45, 7) is 7.52. The zero-order chi connectivity index (χ0) is 19.5. The molecule has 1 heterocycles. The predicted octanol–water partition coefficient (Wildman–Crippen LogP) is 2.06. The first-order chi connectivity index (χ1) is 12.1. The van der Waals surface area contributed by atoms with Gasteiger partial charge in [0, 0.05) is 6.04 Å². The second kappa shape index (κ2) is 8.39. The summed E-state index contributed by atoms with van der Waals surface area (Å²) < 4.78 is 26.4. The highest BCUT2D eigenvalue weighted by Crippen LogP contribution is 2.27. The van der Waals surface area contributed by atoms with Crippen LogP contribution in [-0.2, 0) is 14.8 Å². The summed E-state index contributed by atoms with van der Waals surface area (Å²) in [6.07, 6.45) is 3.36. The van der Waals surface area contributed by atoms with Crippen LogP contribution in [0.4, 0.5) is 5.69 Å². The predicted molar refractivity (Wildman–Crippen MR) is 106 cm³/mol. The lowest BCUT2D eigenvalue weighted by Gasteiger charge is -2.34. The average Bonchev–Trinajstić information content (AvgIpc) is 2.56. The van der Waals surface area contributed by atoms with Crippen molar-refractivity contribution in [3.05, 3.63) is 29.3 Å². The lowest BCUT2D eigenvalue weighted by molar-refractivity contribution is -0.123. The van der Waals surface area contributed by atoms with Gasteiger partial charge in [-0.3, -0.25) is 9.10 Å². The molecule has 1 aliphatic rings. The summed E-state index contributed by atoms with van der Waals surface area (Å²) in [5.41, 5.74) is 2.38. The molecule has 26 heavy (non-hydrogen) atoms. The molecule has 1 aromatic rings. The molecule has 0 saturated carbocycles. The van der Waals surface area contributed by atoms with Crippen molar-refractivity contribution in [3.63, 3.8) is 0 Å². The molecule has 1 unspecified atom stereocenters. The number of aryl methyl sites for hydroxylation is 2. The number of sulfonamides is 1. The molecular weight excluding hydrogens is 350 g/mol. The quantitative estimate of drug-likeness (QED) is 0.819. The van der Waals surface area contributed by atoms with E-state index in [0.717, 1.165) is 37.1 Å². The zero-order valence-corrected chi connectivity index (χ0v) is 17.3. The molecule has 1 fully saturated rings. The Kier molecular flexibility index (Phi) is 6.69. The fourth-order valence-electron chi connectivity index (χ4n) is 3.44. The first kappa shape index (κ1) is 20.7. The van der Waals surface area contributed by atoms with Crippen molar-refractivity contribution in [1.29, 1.82) is 0 Å². The number of nitrogens with zero attached hydrogens (tertiary/aromatic N) is 2. The van der Waals surface area contributed by atoms with Crippen molar-refractivity contribution in [2.45, 2.75) is 52.1 Å². The molecule has 1 atom stereocenters. The fraction of sp³-hybridized carbons (Fsp3) is 0.632. The van der Waals surface area contributed by atoms with Crippen LogP contribution in [-0.4, -0.2) is 57.7 Å². The summed E-state index contributed by atoms with van der Waals surface area (Å²) in [7, 11) is -1.53. The molecule has 0 spiro atoms. The first-order valence-corrected chi connectivity index (χ1v) is 11.0. The van der Waals surface area contributed by atoms with E-state index in [9.17, 15) is 13.2 Å². The molecule has 6 nitrogen and oxygen atoms in total. The van der Waals surface area contributed by atoms with Crippen molar-refractivity contribution in [1.82, 2.24) is 10.2 Å². The highest BCUT2D eigenvalue weighted by molar-refractivity contribution is 7.92. The van der Waals surface area contributed by atoms with Crippen LogP contribution in [0.2, 0.25) is 0 Å². The van der Waals surface area contributed by atoms with Crippen LogP contribution in [0, 0.1) is 13.8 Å². The van der Waals surface area contributed by atoms with E-state index in [1.807, 2.05) is 39.0 Å². The third kappa shape index (κ3) is 4.98. The van der Waals surface area contributed by atoms with E-state index in [1.54, 1.807) is 0 Å². The van der Waals surface area contributed by atoms with Gasteiger partial charge in [-0.05, 0) is 70.4 Å². The Labute approximate surface area is 157 Å². The number of nitrogens with one attached hydrogen (secondary N) is 1. The number of hydrogen-bond donors (Lipinski definition) is 1. The maximum Gasteiger partial charge on any atom is 0.244 e. The number of carbonyl (C=O) groups is 1. The highest BCUT2D eigenvalue weighted by Gasteiger charge is 2.33. The van der Waals surface area contributed by atoms with Crippen LogP contribution in [0.1, 0.15) is 37.3 Å². The van der Waals surface area contributed by atoms with Gasteiger partial charge in [0.2, 0.25) is 15.9 Å². The molecule has 7 heteroatoms. The van der Waals surface area contributed by atoms with E-state index in [1.165, 1.54) is 10.6 Å². The van der Waals surface area contributed by atoms with Crippen molar-refractivity contribution in [3.8, 4) is 0 Å². The van der Waals surface area contributed by atoms with Gasteiger partial charge in [0.25, 0.3) is 0 Å². The van der Waals surface area contributed by atoms with E-state index in [-0.39, 0.29) is 11.9 Å². The molecule has 1 aromatic carbocycles. The van der Waals surface area contributed by atoms with Gasteiger partial charge in [-0.25, -0.2) is 8.42 Å². The number of carbonyl (C=O) groups excluding carboxylic acids is 1. The molecule has 2 rings (SSSR count). The summed E-state index contributed by atoms with van der Waals surface area (Å²) in [5.74, 6) is -0.214. The van der Waals surface area contributed by atoms with Gasteiger partial charge in [-0.1, -0.05) is 19.1 Å². The Morgan fingerprint density at radius 2 is 1.92 bits per heavy atom. The highest BCUT2D eigenvalue weighted by atomic mass is 32.2. The third-order valence-electron chi connectivity index (χ3n) is 5.00. The maximum atomic E-state index is 13.0. The number of rotatable bonds is 6. The number of anilines is 1. The average molecular weight is 382 g/mol. The van der Waals surface area contributed by atoms with Crippen LogP contribution in [0.25, 0.3) is 0 Å². The van der Waals surface area contributed by atoms with Gasteiger partial charge < -0.3 is 10.2 Å². The van der Waals surface area contributed by atoms with E-state index < -0.39 is 16.1 Å². The second-order valence-electron chi connectivity index (χ2n) is 7.36. The van der Waals surface area contributed by atoms with Gasteiger partial charge in [0.1, 0.15) is 6.04 Å². The Hall–Kier alpha value is -1.60. The molecule has 0 aromatic heterocycles. The Balaban J connectivity index is 2.30. The van der Waals surface area contributed by atoms with Crippen LogP contribution in [0.5, 0.6) is 0 Å². The summed E-state index contributed by atoms with van der Waals surface area (Å²) >= 11 is 0. The molecule has 1 N–H and O–H groups in total.